The highest BCUT2D eigenvalue weighted by Gasteiger charge is 2.06. The molecule has 0 nitrogen and oxygen atoms in total. The highest BCUT2D eigenvalue weighted by molar-refractivity contribution is 7.98. The normalized spacial score (nSPS) is 10.7. The molecule has 0 N–H and O–H groups in total. The average Bonchev–Trinajstić information content (AvgIpc) is 2.29. The second-order valence-electron chi connectivity index (χ2n) is 3.63. The monoisotopic (exact) mass is 272 g/mol. The minimum atomic E-state index is -0.697. The van der Waals surface area contributed by atoms with Gasteiger partial charge in [0.05, 0.1) is 0 Å². The Morgan fingerprint density at radius 2 is 1.44 bits per heavy atom. The Kier molecular flexibility index (Phi) is 3.91. The Morgan fingerprint density at radius 1 is 0.778 bits per heavy atom. The topological polar surface area (TPSA) is 0 Å². The van der Waals surface area contributed by atoms with Crippen LogP contribution in [0.25, 0.3) is 0 Å². The molecule has 5 heteroatoms. The van der Waals surface area contributed by atoms with Gasteiger partial charge in [0.1, 0.15) is 23.3 Å². The first-order chi connectivity index (χ1) is 8.54. The number of rotatable bonds is 3. The minimum absolute atomic E-state index is 0.104. The summed E-state index contributed by atoms with van der Waals surface area (Å²) in [6.07, 6.45) is 0. The Bertz CT molecular complexity index is 549. The van der Waals surface area contributed by atoms with Crippen molar-refractivity contribution in [2.45, 2.75) is 10.6 Å². The maximum absolute atomic E-state index is 13.3. The van der Waals surface area contributed by atoms with Gasteiger partial charge in [0, 0.05) is 22.3 Å². The van der Waals surface area contributed by atoms with Gasteiger partial charge in [0.25, 0.3) is 0 Å². The third kappa shape index (κ3) is 3.26. The van der Waals surface area contributed by atoms with Crippen LogP contribution in [0.5, 0.6) is 0 Å². The second-order valence-corrected chi connectivity index (χ2v) is 4.68. The molecule has 0 unspecified atom stereocenters. The van der Waals surface area contributed by atoms with Gasteiger partial charge in [0.15, 0.2) is 0 Å². The summed E-state index contributed by atoms with van der Waals surface area (Å²) >= 11 is 1.04. The molecule has 0 bridgehead atoms. The minimum Gasteiger partial charge on any atom is -0.207 e. The van der Waals surface area contributed by atoms with E-state index in [0.717, 1.165) is 48.2 Å². The molecule has 2 rings (SSSR count). The number of halogens is 4. The van der Waals surface area contributed by atoms with Gasteiger partial charge in [-0.25, -0.2) is 17.6 Å². The molecule has 0 aliphatic rings. The third-order valence-electron chi connectivity index (χ3n) is 2.24. The summed E-state index contributed by atoms with van der Waals surface area (Å²) in [6, 6.07) is 6.16. The lowest BCUT2D eigenvalue weighted by Crippen LogP contribution is -1.90. The van der Waals surface area contributed by atoms with Crippen LogP contribution in [-0.2, 0) is 5.75 Å². The lowest BCUT2D eigenvalue weighted by molar-refractivity contribution is 0.577. The van der Waals surface area contributed by atoms with Crippen molar-refractivity contribution in [3.05, 3.63) is 65.2 Å². The Labute approximate surface area is 106 Å². The van der Waals surface area contributed by atoms with Gasteiger partial charge in [-0.1, -0.05) is 0 Å². The van der Waals surface area contributed by atoms with Gasteiger partial charge in [-0.2, -0.15) is 0 Å². The SMILES string of the molecule is Fc1cc(F)cc(SCc2cc(F)ccc2F)c1. The molecule has 0 aliphatic carbocycles. The van der Waals surface area contributed by atoms with E-state index in [4.69, 9.17) is 0 Å². The van der Waals surface area contributed by atoms with Gasteiger partial charge in [-0.05, 0) is 30.3 Å². The van der Waals surface area contributed by atoms with Crippen LogP contribution in [0.15, 0.2) is 41.3 Å². The van der Waals surface area contributed by atoms with Crippen molar-refractivity contribution in [1.29, 1.82) is 0 Å². The molecule has 0 heterocycles. The molecule has 0 fully saturated rings. The van der Waals surface area contributed by atoms with Gasteiger partial charge < -0.3 is 0 Å². The van der Waals surface area contributed by atoms with Crippen molar-refractivity contribution in [2.24, 2.45) is 0 Å². The number of benzene rings is 2. The van der Waals surface area contributed by atoms with E-state index in [2.05, 4.69) is 0 Å². The van der Waals surface area contributed by atoms with Crippen LogP contribution in [-0.4, -0.2) is 0 Å². The molecule has 0 atom stereocenters. The lowest BCUT2D eigenvalue weighted by Gasteiger charge is -2.04. The highest BCUT2D eigenvalue weighted by atomic mass is 32.2. The van der Waals surface area contributed by atoms with Crippen LogP contribution in [0.4, 0.5) is 17.6 Å². The fraction of sp³-hybridized carbons (Fsp3) is 0.0769. The molecule has 0 aromatic heterocycles. The van der Waals surface area contributed by atoms with Gasteiger partial charge in [0.2, 0.25) is 0 Å². The van der Waals surface area contributed by atoms with Crippen molar-refractivity contribution in [1.82, 2.24) is 0 Å². The molecule has 2 aromatic carbocycles. The van der Waals surface area contributed by atoms with Crippen molar-refractivity contribution < 1.29 is 17.6 Å². The maximum Gasteiger partial charge on any atom is 0.127 e. The summed E-state index contributed by atoms with van der Waals surface area (Å²) in [6.45, 7) is 0. The summed E-state index contributed by atoms with van der Waals surface area (Å²) in [4.78, 5) is 0.330. The summed E-state index contributed by atoms with van der Waals surface area (Å²) in [5.74, 6) is -2.38. The quantitative estimate of drug-likeness (QED) is 0.584. The highest BCUT2D eigenvalue weighted by Crippen LogP contribution is 2.25. The molecule has 0 saturated carbocycles. The van der Waals surface area contributed by atoms with E-state index in [9.17, 15) is 17.6 Å². The molecule has 18 heavy (non-hydrogen) atoms. The molecule has 0 spiro atoms. The summed E-state index contributed by atoms with van der Waals surface area (Å²) in [5.41, 5.74) is 0.157. The summed E-state index contributed by atoms with van der Waals surface area (Å²) < 4.78 is 52.0. The Balaban J connectivity index is 2.13. The molecule has 0 aliphatic heterocycles. The zero-order valence-corrected chi connectivity index (χ0v) is 9.91. The number of hydrogen-bond acceptors (Lipinski definition) is 1. The smallest absolute Gasteiger partial charge is 0.127 e. The molecular weight excluding hydrogens is 264 g/mol. The van der Waals surface area contributed by atoms with Crippen LogP contribution in [0.3, 0.4) is 0 Å². The molecule has 2 aromatic rings. The summed E-state index contributed by atoms with van der Waals surface area (Å²) in [7, 11) is 0. The molecule has 0 radical (unpaired) electrons. The zero-order chi connectivity index (χ0) is 13.1. The van der Waals surface area contributed by atoms with Crippen molar-refractivity contribution >= 4 is 11.8 Å². The van der Waals surface area contributed by atoms with Gasteiger partial charge >= 0.3 is 0 Å². The van der Waals surface area contributed by atoms with E-state index in [0.29, 0.717) is 4.90 Å². The fourth-order valence-corrected chi connectivity index (χ4v) is 2.36. The van der Waals surface area contributed by atoms with Gasteiger partial charge in [-0.15, -0.1) is 11.8 Å². The van der Waals surface area contributed by atoms with E-state index >= 15 is 0 Å². The van der Waals surface area contributed by atoms with Crippen LogP contribution in [0.1, 0.15) is 5.56 Å². The fourth-order valence-electron chi connectivity index (χ4n) is 1.43. The maximum atomic E-state index is 13.3. The van der Waals surface area contributed by atoms with E-state index in [1.165, 1.54) is 0 Å². The number of thioether (sulfide) groups is 1. The molecule has 0 amide bonds. The predicted molar refractivity (Wildman–Crippen MR) is 62.3 cm³/mol. The summed E-state index contributed by atoms with van der Waals surface area (Å²) in [5, 5.41) is 0. The molecule has 0 saturated heterocycles. The van der Waals surface area contributed by atoms with E-state index in [-0.39, 0.29) is 11.3 Å². The zero-order valence-electron chi connectivity index (χ0n) is 9.09. The van der Waals surface area contributed by atoms with Crippen molar-refractivity contribution in [2.75, 3.05) is 0 Å². The van der Waals surface area contributed by atoms with Crippen LogP contribution in [0.2, 0.25) is 0 Å². The van der Waals surface area contributed by atoms with Crippen LogP contribution >= 0.6 is 11.8 Å². The Hall–Kier alpha value is -1.49. The molecular formula is C13H8F4S. The Morgan fingerprint density at radius 3 is 2.11 bits per heavy atom. The van der Waals surface area contributed by atoms with Gasteiger partial charge in [-0.3, -0.25) is 0 Å². The van der Waals surface area contributed by atoms with Crippen molar-refractivity contribution in [3.8, 4) is 0 Å². The lowest BCUT2D eigenvalue weighted by atomic mass is 10.2. The van der Waals surface area contributed by atoms with Crippen molar-refractivity contribution in [3.63, 3.8) is 0 Å². The van der Waals surface area contributed by atoms with E-state index in [1.807, 2.05) is 0 Å². The number of hydrogen-bond donors (Lipinski definition) is 0. The first-order valence-corrected chi connectivity index (χ1v) is 6.06. The van der Waals surface area contributed by atoms with Crippen LogP contribution in [0, 0.1) is 23.3 Å². The van der Waals surface area contributed by atoms with Crippen LogP contribution < -0.4 is 0 Å². The molecule has 94 valence electrons. The van der Waals surface area contributed by atoms with E-state index < -0.39 is 23.3 Å². The largest absolute Gasteiger partial charge is 0.207 e. The third-order valence-corrected chi connectivity index (χ3v) is 3.26. The standard InChI is InChI=1S/C13H8F4S/c14-9-1-2-13(17)8(3-9)7-18-12-5-10(15)4-11(16)6-12/h1-6H,7H2. The van der Waals surface area contributed by atoms with E-state index in [1.54, 1.807) is 0 Å². The first kappa shape index (κ1) is 13.0. The average molecular weight is 272 g/mol. The first-order valence-electron chi connectivity index (χ1n) is 5.07. The second kappa shape index (κ2) is 5.44. The predicted octanol–water partition coefficient (Wildman–Crippen LogP) is 4.54.